The van der Waals surface area contributed by atoms with Gasteiger partial charge in [-0.1, -0.05) is 13.8 Å². The summed E-state index contributed by atoms with van der Waals surface area (Å²) >= 11 is 0. The number of hydrogen-bond acceptors (Lipinski definition) is 3. The van der Waals surface area contributed by atoms with E-state index in [2.05, 4.69) is 56.9 Å². The summed E-state index contributed by atoms with van der Waals surface area (Å²) in [5.41, 5.74) is 0. The lowest BCUT2D eigenvalue weighted by Crippen LogP contribution is -2.48. The van der Waals surface area contributed by atoms with Crippen molar-refractivity contribution in [3.63, 3.8) is 0 Å². The molecule has 0 aliphatic heterocycles. The molecule has 0 rings (SSSR count). The third-order valence-corrected chi connectivity index (χ3v) is 2.82. The van der Waals surface area contributed by atoms with Crippen LogP contribution in [0.2, 0.25) is 0 Å². The summed E-state index contributed by atoms with van der Waals surface area (Å²) in [4.78, 5) is 4.82. The Kier molecular flexibility index (Phi) is 8.02. The molecule has 2 atom stereocenters. The molecule has 0 aromatic heterocycles. The van der Waals surface area contributed by atoms with Crippen LogP contribution in [0.3, 0.4) is 0 Å². The molecule has 0 bridgehead atoms. The number of hydrogen-bond donors (Lipinski definition) is 1. The fraction of sp³-hybridized carbons (Fsp3) is 1.00. The van der Waals surface area contributed by atoms with Gasteiger partial charge < -0.3 is 10.2 Å². The average Bonchev–Trinajstić information content (AvgIpc) is 2.14. The summed E-state index contributed by atoms with van der Waals surface area (Å²) in [5, 5.41) is 3.42. The highest BCUT2D eigenvalue weighted by atomic mass is 15.2. The maximum Gasteiger partial charge on any atom is 0.0197 e. The third-order valence-electron chi connectivity index (χ3n) is 2.82. The van der Waals surface area contributed by atoms with E-state index in [1.165, 1.54) is 0 Å². The van der Waals surface area contributed by atoms with Crippen LogP contribution in [0.5, 0.6) is 0 Å². The molecule has 0 amide bonds. The topological polar surface area (TPSA) is 18.5 Å². The first-order valence-corrected chi connectivity index (χ1v) is 6.14. The van der Waals surface area contributed by atoms with Crippen LogP contribution in [-0.4, -0.2) is 62.2 Å². The molecule has 0 fully saturated rings. The second-order valence-electron chi connectivity index (χ2n) is 4.60. The van der Waals surface area contributed by atoms with Crippen LogP contribution in [0.4, 0.5) is 0 Å². The van der Waals surface area contributed by atoms with Gasteiger partial charge in [-0.3, -0.25) is 4.90 Å². The molecule has 1 N–H and O–H groups in total. The summed E-state index contributed by atoms with van der Waals surface area (Å²) in [6, 6.07) is 1.24. The van der Waals surface area contributed by atoms with Crippen molar-refractivity contribution in [3.05, 3.63) is 0 Å². The zero-order valence-electron chi connectivity index (χ0n) is 11.4. The SMILES string of the molecule is CCNCC(C)N(CC)C(C)CN(C)C. The van der Waals surface area contributed by atoms with Crippen molar-refractivity contribution in [2.45, 2.75) is 39.8 Å². The molecule has 0 spiro atoms. The smallest absolute Gasteiger partial charge is 0.0197 e. The number of nitrogens with one attached hydrogen (secondary N) is 1. The fourth-order valence-electron chi connectivity index (χ4n) is 2.16. The lowest BCUT2D eigenvalue weighted by Gasteiger charge is -2.35. The molecule has 3 heteroatoms. The Hall–Kier alpha value is -0.120. The summed E-state index contributed by atoms with van der Waals surface area (Å²) < 4.78 is 0. The van der Waals surface area contributed by atoms with E-state index in [1.54, 1.807) is 0 Å². The van der Waals surface area contributed by atoms with Crippen LogP contribution in [0.25, 0.3) is 0 Å². The van der Waals surface area contributed by atoms with Gasteiger partial charge in [0.1, 0.15) is 0 Å². The highest BCUT2D eigenvalue weighted by Gasteiger charge is 2.18. The second kappa shape index (κ2) is 8.08. The van der Waals surface area contributed by atoms with Gasteiger partial charge in [-0.15, -0.1) is 0 Å². The molecule has 0 radical (unpaired) electrons. The molecule has 3 nitrogen and oxygen atoms in total. The molecule has 0 aromatic rings. The highest BCUT2D eigenvalue weighted by molar-refractivity contribution is 4.75. The van der Waals surface area contributed by atoms with Crippen molar-refractivity contribution in [3.8, 4) is 0 Å². The lowest BCUT2D eigenvalue weighted by molar-refractivity contribution is 0.135. The van der Waals surface area contributed by atoms with Crippen molar-refractivity contribution < 1.29 is 0 Å². The Bertz CT molecular complexity index is 148. The monoisotopic (exact) mass is 215 g/mol. The van der Waals surface area contributed by atoms with Crippen molar-refractivity contribution in [2.24, 2.45) is 0 Å². The van der Waals surface area contributed by atoms with E-state index in [9.17, 15) is 0 Å². The molecule has 0 aliphatic rings. The predicted octanol–water partition coefficient (Wildman–Crippen LogP) is 1.26. The molecular formula is C12H29N3. The summed E-state index contributed by atoms with van der Waals surface area (Å²) in [7, 11) is 4.28. The van der Waals surface area contributed by atoms with Crippen molar-refractivity contribution in [1.82, 2.24) is 15.1 Å². The molecule has 0 aromatic carbocycles. The first-order valence-electron chi connectivity index (χ1n) is 6.14. The van der Waals surface area contributed by atoms with E-state index >= 15 is 0 Å². The van der Waals surface area contributed by atoms with Gasteiger partial charge in [0.2, 0.25) is 0 Å². The van der Waals surface area contributed by atoms with Crippen molar-refractivity contribution in [1.29, 1.82) is 0 Å². The van der Waals surface area contributed by atoms with Gasteiger partial charge in [0.25, 0.3) is 0 Å². The molecule has 15 heavy (non-hydrogen) atoms. The van der Waals surface area contributed by atoms with Gasteiger partial charge in [0.05, 0.1) is 0 Å². The Morgan fingerprint density at radius 1 is 1.07 bits per heavy atom. The summed E-state index contributed by atoms with van der Waals surface area (Å²) in [6.07, 6.45) is 0. The van der Waals surface area contributed by atoms with Crippen molar-refractivity contribution in [2.75, 3.05) is 40.3 Å². The normalized spacial score (nSPS) is 16.0. The van der Waals surface area contributed by atoms with E-state index in [0.717, 1.165) is 26.2 Å². The largest absolute Gasteiger partial charge is 0.315 e. The maximum absolute atomic E-state index is 3.42. The van der Waals surface area contributed by atoms with Crippen LogP contribution >= 0.6 is 0 Å². The van der Waals surface area contributed by atoms with Gasteiger partial charge in [-0.25, -0.2) is 0 Å². The number of nitrogens with zero attached hydrogens (tertiary/aromatic N) is 2. The minimum atomic E-state index is 0.616. The van der Waals surface area contributed by atoms with E-state index in [1.807, 2.05) is 0 Å². The quantitative estimate of drug-likeness (QED) is 0.657. The van der Waals surface area contributed by atoms with Gasteiger partial charge in [-0.05, 0) is 41.0 Å². The van der Waals surface area contributed by atoms with E-state index in [4.69, 9.17) is 0 Å². The van der Waals surface area contributed by atoms with E-state index in [-0.39, 0.29) is 0 Å². The maximum atomic E-state index is 3.42. The minimum absolute atomic E-state index is 0.616. The Labute approximate surface area is 95.8 Å². The van der Waals surface area contributed by atoms with Crippen LogP contribution in [0.1, 0.15) is 27.7 Å². The molecule has 0 saturated carbocycles. The first kappa shape index (κ1) is 14.9. The molecule has 0 heterocycles. The lowest BCUT2D eigenvalue weighted by atomic mass is 10.2. The van der Waals surface area contributed by atoms with Crippen LogP contribution in [0, 0.1) is 0 Å². The molecule has 0 saturated heterocycles. The van der Waals surface area contributed by atoms with Gasteiger partial charge in [-0.2, -0.15) is 0 Å². The van der Waals surface area contributed by atoms with Crippen LogP contribution in [0.15, 0.2) is 0 Å². The average molecular weight is 215 g/mol. The third kappa shape index (κ3) is 6.13. The summed E-state index contributed by atoms with van der Waals surface area (Å²) in [6.45, 7) is 13.4. The highest BCUT2D eigenvalue weighted by Crippen LogP contribution is 2.05. The number of rotatable bonds is 8. The Morgan fingerprint density at radius 3 is 2.07 bits per heavy atom. The fourth-order valence-corrected chi connectivity index (χ4v) is 2.16. The van der Waals surface area contributed by atoms with Gasteiger partial charge in [0, 0.05) is 25.2 Å². The Morgan fingerprint density at radius 2 is 1.67 bits per heavy atom. The van der Waals surface area contributed by atoms with Crippen LogP contribution < -0.4 is 5.32 Å². The van der Waals surface area contributed by atoms with Crippen LogP contribution in [-0.2, 0) is 0 Å². The van der Waals surface area contributed by atoms with Crippen molar-refractivity contribution >= 4 is 0 Å². The van der Waals surface area contributed by atoms with Gasteiger partial charge >= 0.3 is 0 Å². The molecule has 2 unspecified atom stereocenters. The Balaban J connectivity index is 4.07. The van der Waals surface area contributed by atoms with E-state index in [0.29, 0.717) is 12.1 Å². The standard InChI is InChI=1S/C12H29N3/c1-7-13-9-11(3)15(8-2)12(4)10-14(5)6/h11-13H,7-10H2,1-6H3. The zero-order chi connectivity index (χ0) is 11.8. The van der Waals surface area contributed by atoms with Gasteiger partial charge in [0.15, 0.2) is 0 Å². The minimum Gasteiger partial charge on any atom is -0.315 e. The first-order chi connectivity index (χ1) is 7.02. The predicted molar refractivity (Wildman–Crippen MR) is 68.4 cm³/mol. The molecular weight excluding hydrogens is 186 g/mol. The summed E-state index contributed by atoms with van der Waals surface area (Å²) in [5.74, 6) is 0. The number of likely N-dealkylation sites (N-methyl/N-ethyl adjacent to an activating group) is 3. The molecule has 0 aliphatic carbocycles. The van der Waals surface area contributed by atoms with E-state index < -0.39 is 0 Å². The molecule has 92 valence electrons. The second-order valence-corrected chi connectivity index (χ2v) is 4.60. The zero-order valence-corrected chi connectivity index (χ0v) is 11.4.